The molecule has 0 bridgehead atoms. The number of aryl methyl sites for hydroxylation is 1. The summed E-state index contributed by atoms with van der Waals surface area (Å²) in [6.07, 6.45) is 0. The monoisotopic (exact) mass is 273 g/mol. The van der Waals surface area contributed by atoms with Gasteiger partial charge in [0.15, 0.2) is 0 Å². The van der Waals surface area contributed by atoms with Crippen molar-refractivity contribution in [2.24, 2.45) is 0 Å². The predicted octanol–water partition coefficient (Wildman–Crippen LogP) is 4.29. The molecule has 1 N–H and O–H groups in total. The molecule has 0 saturated heterocycles. The average molecular weight is 274 g/mol. The van der Waals surface area contributed by atoms with Crippen LogP contribution in [0.1, 0.15) is 27.0 Å². The molecular formula is C16H16ClNO. The Morgan fingerprint density at radius 2 is 1.89 bits per heavy atom. The number of carbonyl (C=O) groups is 1. The third-order valence-corrected chi connectivity index (χ3v) is 3.50. The van der Waals surface area contributed by atoms with Crippen LogP contribution in [0.4, 0.5) is 5.69 Å². The van der Waals surface area contributed by atoms with Gasteiger partial charge in [-0.15, -0.1) is 11.6 Å². The van der Waals surface area contributed by atoms with Crippen LogP contribution in [0.3, 0.4) is 0 Å². The van der Waals surface area contributed by atoms with E-state index in [1.165, 1.54) is 0 Å². The Labute approximate surface area is 118 Å². The van der Waals surface area contributed by atoms with Crippen molar-refractivity contribution in [3.05, 3.63) is 64.7 Å². The normalized spacial score (nSPS) is 10.3. The molecule has 0 heterocycles. The van der Waals surface area contributed by atoms with Gasteiger partial charge in [-0.05, 0) is 48.7 Å². The minimum atomic E-state index is -0.0899. The number of nitrogens with one attached hydrogen (secondary N) is 1. The second-order valence-corrected chi connectivity index (χ2v) is 4.80. The molecule has 0 aliphatic carbocycles. The third-order valence-electron chi connectivity index (χ3n) is 3.19. The number of benzene rings is 2. The summed E-state index contributed by atoms with van der Waals surface area (Å²) in [5, 5.41) is 2.90. The van der Waals surface area contributed by atoms with Crippen molar-refractivity contribution < 1.29 is 4.79 Å². The summed E-state index contributed by atoms with van der Waals surface area (Å²) in [7, 11) is 0. The van der Waals surface area contributed by atoms with Crippen LogP contribution >= 0.6 is 11.6 Å². The van der Waals surface area contributed by atoms with Gasteiger partial charge in [0.05, 0.1) is 0 Å². The summed E-state index contributed by atoms with van der Waals surface area (Å²) in [4.78, 5) is 12.2. The Balaban J connectivity index is 2.23. The lowest BCUT2D eigenvalue weighted by molar-refractivity contribution is 0.102. The zero-order valence-corrected chi connectivity index (χ0v) is 11.8. The highest BCUT2D eigenvalue weighted by molar-refractivity contribution is 6.17. The van der Waals surface area contributed by atoms with Crippen LogP contribution in [-0.4, -0.2) is 5.91 Å². The Morgan fingerprint density at radius 1 is 1.16 bits per heavy atom. The molecule has 2 rings (SSSR count). The van der Waals surface area contributed by atoms with E-state index in [9.17, 15) is 4.79 Å². The molecule has 2 aromatic carbocycles. The number of rotatable bonds is 3. The molecule has 0 aliphatic heterocycles. The van der Waals surface area contributed by atoms with Crippen molar-refractivity contribution in [2.45, 2.75) is 19.7 Å². The van der Waals surface area contributed by atoms with E-state index in [4.69, 9.17) is 11.6 Å². The van der Waals surface area contributed by atoms with Gasteiger partial charge >= 0.3 is 0 Å². The van der Waals surface area contributed by atoms with Crippen molar-refractivity contribution >= 4 is 23.2 Å². The number of hydrogen-bond acceptors (Lipinski definition) is 1. The van der Waals surface area contributed by atoms with Crippen molar-refractivity contribution in [3.8, 4) is 0 Å². The van der Waals surface area contributed by atoms with Crippen molar-refractivity contribution in [2.75, 3.05) is 5.32 Å². The third kappa shape index (κ3) is 3.15. The average Bonchev–Trinajstić information content (AvgIpc) is 2.42. The van der Waals surface area contributed by atoms with Crippen LogP contribution in [-0.2, 0) is 5.88 Å². The standard InChI is InChI=1S/C16H16ClNO/c1-11-5-3-8-15(12(11)2)16(19)18-14-7-4-6-13(9-14)10-17/h3-9H,10H2,1-2H3,(H,18,19). The van der Waals surface area contributed by atoms with Crippen molar-refractivity contribution in [1.29, 1.82) is 0 Å². The molecule has 2 aromatic rings. The molecule has 2 nitrogen and oxygen atoms in total. The lowest BCUT2D eigenvalue weighted by Gasteiger charge is -2.10. The van der Waals surface area contributed by atoms with Crippen molar-refractivity contribution in [3.63, 3.8) is 0 Å². The van der Waals surface area contributed by atoms with E-state index < -0.39 is 0 Å². The summed E-state index contributed by atoms with van der Waals surface area (Å²) in [5.74, 6) is 0.348. The van der Waals surface area contributed by atoms with Gasteiger partial charge in [-0.1, -0.05) is 24.3 Å². The van der Waals surface area contributed by atoms with Gasteiger partial charge in [0, 0.05) is 17.1 Å². The first-order valence-electron chi connectivity index (χ1n) is 6.14. The summed E-state index contributed by atoms with van der Waals surface area (Å²) in [5.41, 5.74) is 4.58. The number of hydrogen-bond donors (Lipinski definition) is 1. The first kappa shape index (κ1) is 13.6. The minimum absolute atomic E-state index is 0.0899. The second kappa shape index (κ2) is 5.89. The quantitative estimate of drug-likeness (QED) is 0.830. The number of anilines is 1. The number of carbonyl (C=O) groups excluding carboxylic acids is 1. The van der Waals surface area contributed by atoms with E-state index in [0.29, 0.717) is 11.4 Å². The van der Waals surface area contributed by atoms with Gasteiger partial charge in [-0.2, -0.15) is 0 Å². The van der Waals surface area contributed by atoms with Crippen LogP contribution < -0.4 is 5.32 Å². The van der Waals surface area contributed by atoms with Gasteiger partial charge in [0.1, 0.15) is 0 Å². The van der Waals surface area contributed by atoms with E-state index in [1.807, 2.05) is 56.3 Å². The maximum Gasteiger partial charge on any atom is 0.255 e. The molecule has 0 unspecified atom stereocenters. The molecule has 1 amide bonds. The topological polar surface area (TPSA) is 29.1 Å². The number of alkyl halides is 1. The van der Waals surface area contributed by atoms with E-state index in [2.05, 4.69) is 5.32 Å². The molecule has 0 spiro atoms. The molecule has 0 aliphatic rings. The zero-order chi connectivity index (χ0) is 13.8. The minimum Gasteiger partial charge on any atom is -0.322 e. The SMILES string of the molecule is Cc1cccc(C(=O)Nc2cccc(CCl)c2)c1C. The maximum atomic E-state index is 12.2. The largest absolute Gasteiger partial charge is 0.322 e. The fraction of sp³-hybridized carbons (Fsp3) is 0.188. The summed E-state index contributed by atoms with van der Waals surface area (Å²) in [6.45, 7) is 3.96. The first-order chi connectivity index (χ1) is 9.11. The molecule has 0 saturated carbocycles. The van der Waals surface area contributed by atoms with E-state index in [-0.39, 0.29) is 5.91 Å². The fourth-order valence-electron chi connectivity index (χ4n) is 1.93. The van der Waals surface area contributed by atoms with Gasteiger partial charge in [0.25, 0.3) is 5.91 Å². The van der Waals surface area contributed by atoms with Crippen molar-refractivity contribution in [1.82, 2.24) is 0 Å². The van der Waals surface area contributed by atoms with E-state index in [0.717, 1.165) is 22.4 Å². The molecule has 3 heteroatoms. The Morgan fingerprint density at radius 3 is 2.63 bits per heavy atom. The molecule has 0 radical (unpaired) electrons. The Bertz CT molecular complexity index is 607. The first-order valence-corrected chi connectivity index (χ1v) is 6.67. The summed E-state index contributed by atoms with van der Waals surface area (Å²) >= 11 is 5.79. The van der Waals surface area contributed by atoms with Crippen LogP contribution in [0.2, 0.25) is 0 Å². The molecule has 98 valence electrons. The maximum absolute atomic E-state index is 12.2. The van der Waals surface area contributed by atoms with Gasteiger partial charge in [-0.25, -0.2) is 0 Å². The highest BCUT2D eigenvalue weighted by Gasteiger charge is 2.10. The van der Waals surface area contributed by atoms with E-state index >= 15 is 0 Å². The van der Waals surface area contributed by atoms with Crippen LogP contribution in [0.5, 0.6) is 0 Å². The highest BCUT2D eigenvalue weighted by Crippen LogP contribution is 2.17. The Hall–Kier alpha value is -1.80. The van der Waals surface area contributed by atoms with Crippen LogP contribution in [0.25, 0.3) is 0 Å². The zero-order valence-electron chi connectivity index (χ0n) is 11.0. The number of halogens is 1. The van der Waals surface area contributed by atoms with Crippen LogP contribution in [0, 0.1) is 13.8 Å². The predicted molar refractivity (Wildman–Crippen MR) is 79.9 cm³/mol. The van der Waals surface area contributed by atoms with E-state index in [1.54, 1.807) is 0 Å². The highest BCUT2D eigenvalue weighted by atomic mass is 35.5. The number of amides is 1. The Kier molecular flexibility index (Phi) is 4.23. The van der Waals surface area contributed by atoms with Gasteiger partial charge < -0.3 is 5.32 Å². The lowest BCUT2D eigenvalue weighted by Crippen LogP contribution is -2.13. The fourth-order valence-corrected chi connectivity index (χ4v) is 2.09. The second-order valence-electron chi connectivity index (χ2n) is 4.54. The molecule has 0 fully saturated rings. The summed E-state index contributed by atoms with van der Waals surface area (Å²) in [6, 6.07) is 13.3. The van der Waals surface area contributed by atoms with Gasteiger partial charge in [-0.3, -0.25) is 4.79 Å². The molecule has 19 heavy (non-hydrogen) atoms. The van der Waals surface area contributed by atoms with Gasteiger partial charge in [0.2, 0.25) is 0 Å². The smallest absolute Gasteiger partial charge is 0.255 e. The van der Waals surface area contributed by atoms with Crippen LogP contribution in [0.15, 0.2) is 42.5 Å². The molecular weight excluding hydrogens is 258 g/mol. The molecule has 0 atom stereocenters. The molecule has 0 aromatic heterocycles. The summed E-state index contributed by atoms with van der Waals surface area (Å²) < 4.78 is 0. The lowest BCUT2D eigenvalue weighted by atomic mass is 10.0.